The fourth-order valence-electron chi connectivity index (χ4n) is 2.08. The molecule has 0 radical (unpaired) electrons. The van der Waals surface area contributed by atoms with Gasteiger partial charge in [0.1, 0.15) is 0 Å². The zero-order chi connectivity index (χ0) is 12.9. The van der Waals surface area contributed by atoms with Crippen molar-refractivity contribution in [3.8, 4) is 0 Å². The summed E-state index contributed by atoms with van der Waals surface area (Å²) in [6.07, 6.45) is 0. The molecule has 5 nitrogen and oxygen atoms in total. The average Bonchev–Trinajstić information content (AvgIpc) is 2.35. The van der Waals surface area contributed by atoms with Crippen LogP contribution in [0.3, 0.4) is 0 Å². The molecule has 88 valence electrons. The largest absolute Gasteiger partial charge is 0.478 e. The van der Waals surface area contributed by atoms with Crippen LogP contribution in [-0.4, -0.2) is 23.0 Å². The lowest BCUT2D eigenvalue weighted by Gasteiger charge is -2.14. The highest BCUT2D eigenvalue weighted by Gasteiger charge is 2.26. The van der Waals surface area contributed by atoms with Crippen molar-refractivity contribution < 1.29 is 24.2 Å². The number of carbonyl (C=O) groups is 3. The Morgan fingerprint density at radius 3 is 2.61 bits per heavy atom. The van der Waals surface area contributed by atoms with E-state index in [0.29, 0.717) is 10.8 Å². The van der Waals surface area contributed by atoms with Gasteiger partial charge in [-0.2, -0.15) is 0 Å². The maximum Gasteiger partial charge on any atom is 0.346 e. The molecule has 2 heterocycles. The van der Waals surface area contributed by atoms with Gasteiger partial charge in [0.05, 0.1) is 16.7 Å². The molecule has 0 saturated carbocycles. The Morgan fingerprint density at radius 2 is 1.89 bits per heavy atom. The van der Waals surface area contributed by atoms with Crippen molar-refractivity contribution in [3.05, 3.63) is 47.0 Å². The minimum absolute atomic E-state index is 0.0603. The summed E-state index contributed by atoms with van der Waals surface area (Å²) in [6.45, 7) is 0. The molecule has 0 aliphatic carbocycles. The Balaban J connectivity index is 2.57. The molecule has 1 N–H and O–H groups in total. The molecule has 2 aliphatic rings. The third kappa shape index (κ3) is 1.31. The number of rotatable bonds is 1. The Labute approximate surface area is 101 Å². The van der Waals surface area contributed by atoms with E-state index in [4.69, 9.17) is 5.11 Å². The van der Waals surface area contributed by atoms with E-state index >= 15 is 0 Å². The number of carboxylic acids is 1. The van der Waals surface area contributed by atoms with E-state index in [1.165, 1.54) is 18.2 Å². The monoisotopic (exact) mass is 242 g/mol. The lowest BCUT2D eigenvalue weighted by atomic mass is 9.95. The van der Waals surface area contributed by atoms with Gasteiger partial charge in [0.2, 0.25) is 0 Å². The van der Waals surface area contributed by atoms with E-state index < -0.39 is 17.9 Å². The topological polar surface area (TPSA) is 80.7 Å². The SMILES string of the molecule is O=C1OC(=O)c2cccc3cc1cc(C(=O)O)c23. The summed E-state index contributed by atoms with van der Waals surface area (Å²) in [6, 6.07) is 7.45. The quantitative estimate of drug-likeness (QED) is 0.609. The van der Waals surface area contributed by atoms with Gasteiger partial charge < -0.3 is 9.84 Å². The summed E-state index contributed by atoms with van der Waals surface area (Å²) in [4.78, 5) is 34.5. The first-order chi connectivity index (χ1) is 8.58. The Hall–Kier alpha value is -2.69. The smallest absolute Gasteiger partial charge is 0.346 e. The van der Waals surface area contributed by atoms with Gasteiger partial charge in [-0.1, -0.05) is 12.1 Å². The van der Waals surface area contributed by atoms with Crippen LogP contribution in [0.2, 0.25) is 0 Å². The number of esters is 2. The molecule has 0 amide bonds. The highest BCUT2D eigenvalue weighted by molar-refractivity contribution is 6.18. The molecule has 0 unspecified atom stereocenters. The van der Waals surface area contributed by atoms with Crippen molar-refractivity contribution >= 4 is 28.7 Å². The van der Waals surface area contributed by atoms with Crippen LogP contribution in [0.5, 0.6) is 0 Å². The number of aromatic carboxylic acids is 1. The van der Waals surface area contributed by atoms with Crippen molar-refractivity contribution in [2.45, 2.75) is 0 Å². The van der Waals surface area contributed by atoms with Crippen molar-refractivity contribution in [2.75, 3.05) is 0 Å². The normalized spacial score (nSPS) is 13.6. The van der Waals surface area contributed by atoms with Crippen LogP contribution in [0.1, 0.15) is 31.1 Å². The Bertz CT molecular complexity index is 729. The number of hydrogen-bond donors (Lipinski definition) is 1. The molecule has 5 heteroatoms. The molecule has 0 fully saturated rings. The van der Waals surface area contributed by atoms with Crippen molar-refractivity contribution in [3.63, 3.8) is 0 Å². The van der Waals surface area contributed by atoms with Crippen LogP contribution in [-0.2, 0) is 4.74 Å². The lowest BCUT2D eigenvalue weighted by molar-refractivity contribution is 0.0398. The van der Waals surface area contributed by atoms with Gasteiger partial charge in [-0.15, -0.1) is 0 Å². The van der Waals surface area contributed by atoms with Crippen molar-refractivity contribution in [1.82, 2.24) is 0 Å². The van der Waals surface area contributed by atoms with Crippen LogP contribution in [0.15, 0.2) is 30.3 Å². The highest BCUT2D eigenvalue weighted by Crippen LogP contribution is 2.28. The summed E-state index contributed by atoms with van der Waals surface area (Å²) in [5.41, 5.74) is 0.0812. The summed E-state index contributed by atoms with van der Waals surface area (Å²) in [5, 5.41) is 9.99. The molecule has 2 aliphatic heterocycles. The average molecular weight is 242 g/mol. The second-order valence-electron chi connectivity index (χ2n) is 3.91. The molecular weight excluding hydrogens is 236 g/mol. The zero-order valence-electron chi connectivity index (χ0n) is 8.97. The second kappa shape index (κ2) is 3.40. The van der Waals surface area contributed by atoms with Gasteiger partial charge in [0, 0.05) is 5.39 Å². The molecule has 4 bridgehead atoms. The molecule has 0 aromatic heterocycles. The van der Waals surface area contributed by atoms with Gasteiger partial charge in [0.25, 0.3) is 0 Å². The maximum absolute atomic E-state index is 11.7. The standard InChI is InChI=1S/C13H6O5/c14-11(15)9-5-7-4-6-2-1-3-8(10(6)9)13(17)18-12(7)16/h1-5H,(H,14,15). The minimum Gasteiger partial charge on any atom is -0.478 e. The predicted molar refractivity (Wildman–Crippen MR) is 60.7 cm³/mol. The van der Waals surface area contributed by atoms with Gasteiger partial charge in [-0.3, -0.25) is 0 Å². The summed E-state index contributed by atoms with van der Waals surface area (Å²) in [5.74, 6) is -2.85. The van der Waals surface area contributed by atoms with E-state index in [0.717, 1.165) is 0 Å². The highest BCUT2D eigenvalue weighted by atomic mass is 16.6. The van der Waals surface area contributed by atoms with Crippen molar-refractivity contribution in [1.29, 1.82) is 0 Å². The van der Waals surface area contributed by atoms with E-state index in [1.807, 2.05) is 0 Å². The van der Waals surface area contributed by atoms with Crippen LogP contribution >= 0.6 is 0 Å². The molecule has 4 rings (SSSR count). The Morgan fingerprint density at radius 1 is 1.11 bits per heavy atom. The molecule has 2 aromatic carbocycles. The number of ether oxygens (including phenoxy) is 1. The first kappa shape index (κ1) is 10.5. The number of carbonyl (C=O) groups excluding carboxylic acids is 2. The van der Waals surface area contributed by atoms with Crippen LogP contribution in [0.25, 0.3) is 10.8 Å². The van der Waals surface area contributed by atoms with E-state index in [9.17, 15) is 14.4 Å². The van der Waals surface area contributed by atoms with E-state index in [1.54, 1.807) is 12.1 Å². The van der Waals surface area contributed by atoms with Gasteiger partial charge >= 0.3 is 17.9 Å². The third-order valence-corrected chi connectivity index (χ3v) is 2.85. The molecule has 0 spiro atoms. The number of hydrogen-bond acceptors (Lipinski definition) is 4. The number of carboxylic acid groups (broad SMARTS) is 1. The molecule has 0 saturated heterocycles. The third-order valence-electron chi connectivity index (χ3n) is 2.85. The zero-order valence-corrected chi connectivity index (χ0v) is 8.97. The molecular formula is C13H6O5. The molecule has 0 atom stereocenters. The minimum atomic E-state index is -1.18. The summed E-state index contributed by atoms with van der Waals surface area (Å²) >= 11 is 0. The first-order valence-corrected chi connectivity index (χ1v) is 5.14. The van der Waals surface area contributed by atoms with Crippen LogP contribution in [0.4, 0.5) is 0 Å². The van der Waals surface area contributed by atoms with Gasteiger partial charge in [-0.05, 0) is 23.6 Å². The summed E-state index contributed by atoms with van der Waals surface area (Å²) < 4.78 is 4.62. The molecule has 2 aromatic rings. The van der Waals surface area contributed by atoms with E-state index in [-0.39, 0.29) is 16.7 Å². The number of benzene rings is 2. The molecule has 18 heavy (non-hydrogen) atoms. The van der Waals surface area contributed by atoms with Gasteiger partial charge in [0.15, 0.2) is 0 Å². The van der Waals surface area contributed by atoms with Crippen molar-refractivity contribution in [2.24, 2.45) is 0 Å². The van der Waals surface area contributed by atoms with Crippen LogP contribution in [0, 0.1) is 0 Å². The number of fused-ring (bicyclic) bond motifs is 3. The fraction of sp³-hybridized carbons (Fsp3) is 0. The predicted octanol–water partition coefficient (Wildman–Crippen LogP) is 1.85. The van der Waals surface area contributed by atoms with E-state index in [2.05, 4.69) is 4.74 Å². The fourth-order valence-corrected chi connectivity index (χ4v) is 2.08. The Kier molecular flexibility index (Phi) is 1.98. The van der Waals surface area contributed by atoms with Gasteiger partial charge in [-0.25, -0.2) is 14.4 Å². The maximum atomic E-state index is 11.7. The lowest BCUT2D eigenvalue weighted by Crippen LogP contribution is -2.18. The van der Waals surface area contributed by atoms with Crippen LogP contribution < -0.4 is 0 Å². The second-order valence-corrected chi connectivity index (χ2v) is 3.91. The summed E-state index contributed by atoms with van der Waals surface area (Å²) in [7, 11) is 0. The first-order valence-electron chi connectivity index (χ1n) is 5.14.